The van der Waals surface area contributed by atoms with E-state index in [0.717, 1.165) is 32.1 Å². The van der Waals surface area contributed by atoms with Gasteiger partial charge >= 0.3 is 0 Å². The maximum atomic E-state index is 6.09. The Morgan fingerprint density at radius 2 is 2.00 bits per heavy atom. The largest absolute Gasteiger partial charge is 0.490 e. The summed E-state index contributed by atoms with van der Waals surface area (Å²) in [6.45, 7) is 5.76. The Morgan fingerprint density at radius 1 is 1.23 bits per heavy atom. The van der Waals surface area contributed by atoms with E-state index in [-0.39, 0.29) is 24.0 Å². The van der Waals surface area contributed by atoms with Crippen LogP contribution in [0.25, 0.3) is 0 Å². The third-order valence-electron chi connectivity index (χ3n) is 4.66. The van der Waals surface area contributed by atoms with Gasteiger partial charge in [0.1, 0.15) is 12.4 Å². The molecule has 1 saturated carbocycles. The number of benzene rings is 1. The molecule has 2 rings (SSSR count). The number of hydrogen-bond donors (Lipinski definition) is 2. The van der Waals surface area contributed by atoms with Crippen molar-refractivity contribution in [3.8, 4) is 5.75 Å². The Balaban J connectivity index is 0.00000338. The standard InChI is InChI=1S/C19H30ClN3O2.HI/c1-3-21-18(23-15-19(9-6-10-19)11-13-24-2)22-12-14-25-17-8-5-4-7-16(17)20;/h4-5,7-8H,3,6,9-15H2,1-2H3,(H2,21,22,23);1H. The fourth-order valence-corrected chi connectivity index (χ4v) is 3.15. The smallest absolute Gasteiger partial charge is 0.191 e. The van der Waals surface area contributed by atoms with Gasteiger partial charge in [-0.05, 0) is 43.7 Å². The molecule has 0 radical (unpaired) electrons. The van der Waals surface area contributed by atoms with Gasteiger partial charge in [0.2, 0.25) is 0 Å². The van der Waals surface area contributed by atoms with Crippen molar-refractivity contribution in [2.75, 3.05) is 40.0 Å². The van der Waals surface area contributed by atoms with E-state index < -0.39 is 0 Å². The molecule has 0 aromatic heterocycles. The summed E-state index contributed by atoms with van der Waals surface area (Å²) in [4.78, 5) is 4.78. The molecule has 0 aliphatic heterocycles. The SMILES string of the molecule is CCNC(=NCC1(CCOC)CCC1)NCCOc1ccccc1Cl.I. The first kappa shape index (κ1) is 23.3. The highest BCUT2D eigenvalue weighted by Crippen LogP contribution is 2.44. The van der Waals surface area contributed by atoms with Crippen LogP contribution in [0.1, 0.15) is 32.6 Å². The predicted octanol–water partition coefficient (Wildman–Crippen LogP) is 4.10. The summed E-state index contributed by atoms with van der Waals surface area (Å²) in [6.07, 6.45) is 4.88. The summed E-state index contributed by atoms with van der Waals surface area (Å²) in [6, 6.07) is 7.51. The minimum atomic E-state index is 0. The molecule has 1 aliphatic carbocycles. The van der Waals surface area contributed by atoms with Crippen molar-refractivity contribution >= 4 is 41.5 Å². The maximum absolute atomic E-state index is 6.09. The zero-order valence-electron chi connectivity index (χ0n) is 15.7. The van der Waals surface area contributed by atoms with Crippen LogP contribution in [0.15, 0.2) is 29.3 Å². The molecule has 0 atom stereocenters. The fraction of sp³-hybridized carbons (Fsp3) is 0.632. The van der Waals surface area contributed by atoms with Crippen molar-refractivity contribution in [2.24, 2.45) is 10.4 Å². The molecular weight excluding hydrogens is 465 g/mol. The lowest BCUT2D eigenvalue weighted by atomic mass is 9.67. The minimum Gasteiger partial charge on any atom is -0.490 e. The second-order valence-corrected chi connectivity index (χ2v) is 6.90. The third kappa shape index (κ3) is 7.48. The molecule has 0 unspecified atom stereocenters. The van der Waals surface area contributed by atoms with Gasteiger partial charge in [-0.1, -0.05) is 30.2 Å². The fourth-order valence-electron chi connectivity index (χ4n) is 2.96. The average Bonchev–Trinajstić information content (AvgIpc) is 2.58. The van der Waals surface area contributed by atoms with Crippen LogP contribution in [-0.2, 0) is 4.74 Å². The summed E-state index contributed by atoms with van der Waals surface area (Å²) in [5.74, 6) is 1.55. The van der Waals surface area contributed by atoms with Gasteiger partial charge in [0.25, 0.3) is 0 Å². The van der Waals surface area contributed by atoms with E-state index in [9.17, 15) is 0 Å². The van der Waals surface area contributed by atoms with Crippen LogP contribution in [0.3, 0.4) is 0 Å². The lowest BCUT2D eigenvalue weighted by molar-refractivity contribution is 0.0778. The molecule has 148 valence electrons. The van der Waals surface area contributed by atoms with Crippen molar-refractivity contribution in [1.82, 2.24) is 10.6 Å². The van der Waals surface area contributed by atoms with Crippen LogP contribution < -0.4 is 15.4 Å². The zero-order chi connectivity index (χ0) is 18.0. The lowest BCUT2D eigenvalue weighted by Gasteiger charge is -2.40. The number of para-hydroxylation sites is 1. The topological polar surface area (TPSA) is 54.9 Å². The van der Waals surface area contributed by atoms with Gasteiger partial charge in [-0.3, -0.25) is 4.99 Å². The van der Waals surface area contributed by atoms with Crippen molar-refractivity contribution in [1.29, 1.82) is 0 Å². The molecule has 2 N–H and O–H groups in total. The van der Waals surface area contributed by atoms with Gasteiger partial charge in [0.15, 0.2) is 5.96 Å². The van der Waals surface area contributed by atoms with Crippen molar-refractivity contribution in [3.05, 3.63) is 29.3 Å². The maximum Gasteiger partial charge on any atom is 0.191 e. The highest BCUT2D eigenvalue weighted by molar-refractivity contribution is 14.0. The number of nitrogens with zero attached hydrogens (tertiary/aromatic N) is 1. The summed E-state index contributed by atoms with van der Waals surface area (Å²) in [5, 5.41) is 7.25. The third-order valence-corrected chi connectivity index (χ3v) is 4.97. The molecule has 1 aliphatic rings. The molecule has 1 aromatic rings. The second-order valence-electron chi connectivity index (χ2n) is 6.50. The van der Waals surface area contributed by atoms with Crippen molar-refractivity contribution < 1.29 is 9.47 Å². The summed E-state index contributed by atoms with van der Waals surface area (Å²) < 4.78 is 11.0. The van der Waals surface area contributed by atoms with E-state index in [1.807, 2.05) is 24.3 Å². The van der Waals surface area contributed by atoms with Gasteiger partial charge < -0.3 is 20.1 Å². The van der Waals surface area contributed by atoms with Crippen LogP contribution in [0.5, 0.6) is 5.75 Å². The van der Waals surface area contributed by atoms with Crippen LogP contribution in [0.2, 0.25) is 5.02 Å². The highest BCUT2D eigenvalue weighted by atomic mass is 127. The number of guanidine groups is 1. The number of nitrogens with one attached hydrogen (secondary N) is 2. The number of ether oxygens (including phenoxy) is 2. The van der Waals surface area contributed by atoms with Crippen LogP contribution >= 0.6 is 35.6 Å². The average molecular weight is 496 g/mol. The Morgan fingerprint density at radius 3 is 2.62 bits per heavy atom. The lowest BCUT2D eigenvalue weighted by Crippen LogP contribution is -2.41. The first-order valence-electron chi connectivity index (χ1n) is 9.07. The van der Waals surface area contributed by atoms with E-state index >= 15 is 0 Å². The molecule has 26 heavy (non-hydrogen) atoms. The number of aliphatic imine (C=N–C) groups is 1. The summed E-state index contributed by atoms with van der Waals surface area (Å²) in [7, 11) is 1.76. The van der Waals surface area contributed by atoms with Crippen LogP contribution in [0, 0.1) is 5.41 Å². The Bertz CT molecular complexity index is 553. The van der Waals surface area contributed by atoms with Crippen LogP contribution in [0.4, 0.5) is 0 Å². The van der Waals surface area contributed by atoms with E-state index in [1.165, 1.54) is 19.3 Å². The molecule has 0 spiro atoms. The molecule has 5 nitrogen and oxygen atoms in total. The minimum absolute atomic E-state index is 0. The molecule has 1 aromatic carbocycles. The quantitative estimate of drug-likeness (QED) is 0.222. The molecule has 7 heteroatoms. The highest BCUT2D eigenvalue weighted by Gasteiger charge is 2.36. The Labute approximate surface area is 179 Å². The number of hydrogen-bond acceptors (Lipinski definition) is 3. The Kier molecular flexibility index (Phi) is 11.3. The first-order chi connectivity index (χ1) is 12.2. The molecule has 0 saturated heterocycles. The first-order valence-corrected chi connectivity index (χ1v) is 9.45. The van der Waals surface area contributed by atoms with Gasteiger partial charge in [-0.15, -0.1) is 24.0 Å². The zero-order valence-corrected chi connectivity index (χ0v) is 18.8. The predicted molar refractivity (Wildman–Crippen MR) is 119 cm³/mol. The van der Waals surface area contributed by atoms with E-state index in [0.29, 0.717) is 29.3 Å². The van der Waals surface area contributed by atoms with Gasteiger partial charge in [0, 0.05) is 26.8 Å². The molecular formula is C19H31ClIN3O2. The Hall–Kier alpha value is -0.730. The monoisotopic (exact) mass is 495 g/mol. The molecule has 0 heterocycles. The number of halogens is 2. The number of rotatable bonds is 10. The normalized spacial score (nSPS) is 15.6. The van der Waals surface area contributed by atoms with Crippen molar-refractivity contribution in [3.63, 3.8) is 0 Å². The van der Waals surface area contributed by atoms with E-state index in [1.54, 1.807) is 7.11 Å². The van der Waals surface area contributed by atoms with Gasteiger partial charge in [0.05, 0.1) is 11.6 Å². The van der Waals surface area contributed by atoms with Gasteiger partial charge in [-0.2, -0.15) is 0 Å². The number of methoxy groups -OCH3 is 1. The molecule has 0 amide bonds. The second kappa shape index (κ2) is 12.6. The molecule has 1 fully saturated rings. The summed E-state index contributed by atoms with van der Waals surface area (Å²) in [5.41, 5.74) is 0.326. The van der Waals surface area contributed by atoms with Gasteiger partial charge in [-0.25, -0.2) is 0 Å². The molecule has 0 bridgehead atoms. The van der Waals surface area contributed by atoms with Crippen molar-refractivity contribution in [2.45, 2.75) is 32.6 Å². The van der Waals surface area contributed by atoms with Crippen LogP contribution in [-0.4, -0.2) is 45.9 Å². The summed E-state index contributed by atoms with van der Waals surface area (Å²) >= 11 is 6.09. The van der Waals surface area contributed by atoms with E-state index in [2.05, 4.69) is 17.6 Å². The van der Waals surface area contributed by atoms with E-state index in [4.69, 9.17) is 26.1 Å².